The molecule has 0 bridgehead atoms. The van der Waals surface area contributed by atoms with Crippen LogP contribution in [0.15, 0.2) is 69.3 Å². The molecule has 1 aliphatic rings. The fourth-order valence-corrected chi connectivity index (χ4v) is 2.33. The van der Waals surface area contributed by atoms with Gasteiger partial charge in [-0.2, -0.15) is 5.10 Å². The van der Waals surface area contributed by atoms with E-state index in [1.807, 2.05) is 25.1 Å². The maximum Gasteiger partial charge on any atom is 0.244 e. The Kier molecular flexibility index (Phi) is 4.89. The van der Waals surface area contributed by atoms with Crippen LogP contribution in [0.4, 0.5) is 0 Å². The average Bonchev–Trinajstić information content (AvgIpc) is 3.00. The summed E-state index contributed by atoms with van der Waals surface area (Å²) >= 11 is 0. The number of guanidine groups is 1. The number of allylic oxidation sites excluding steroid dienone is 1. The van der Waals surface area contributed by atoms with Gasteiger partial charge in [0.05, 0.1) is 17.6 Å². The second-order valence-corrected chi connectivity index (χ2v) is 5.36. The molecular formula is C19H18N4O2. The van der Waals surface area contributed by atoms with Gasteiger partial charge in [0.1, 0.15) is 11.5 Å². The summed E-state index contributed by atoms with van der Waals surface area (Å²) in [5.41, 5.74) is 5.54. The highest BCUT2D eigenvalue weighted by Gasteiger charge is 2.15. The van der Waals surface area contributed by atoms with Crippen LogP contribution >= 0.6 is 0 Å². The van der Waals surface area contributed by atoms with E-state index in [9.17, 15) is 10.2 Å². The normalized spacial score (nSPS) is 15.5. The van der Waals surface area contributed by atoms with Crippen molar-refractivity contribution >= 4 is 24.0 Å². The summed E-state index contributed by atoms with van der Waals surface area (Å²) in [6.45, 7) is 1.99. The quantitative estimate of drug-likeness (QED) is 0.592. The zero-order valence-electron chi connectivity index (χ0n) is 13.7. The molecule has 0 unspecified atom stereocenters. The van der Waals surface area contributed by atoms with Crippen molar-refractivity contribution in [1.29, 1.82) is 0 Å². The number of aliphatic imine (C=N–C) groups is 2. The fraction of sp³-hybridized carbons (Fsp3) is 0.105. The summed E-state index contributed by atoms with van der Waals surface area (Å²) in [7, 11) is 0. The molecule has 0 saturated heterocycles. The average molecular weight is 334 g/mol. The van der Waals surface area contributed by atoms with Crippen molar-refractivity contribution in [2.45, 2.75) is 13.3 Å². The van der Waals surface area contributed by atoms with E-state index in [2.05, 4.69) is 20.5 Å². The highest BCUT2D eigenvalue weighted by molar-refractivity contribution is 6.14. The zero-order valence-corrected chi connectivity index (χ0v) is 13.7. The Morgan fingerprint density at radius 2 is 1.60 bits per heavy atom. The first-order valence-corrected chi connectivity index (χ1v) is 7.90. The highest BCUT2D eigenvalue weighted by atomic mass is 16.3. The summed E-state index contributed by atoms with van der Waals surface area (Å²) in [5, 5.41) is 23.7. The zero-order chi connectivity index (χ0) is 17.6. The lowest BCUT2D eigenvalue weighted by molar-refractivity contribution is 0.473. The van der Waals surface area contributed by atoms with E-state index in [1.54, 1.807) is 36.4 Å². The first kappa shape index (κ1) is 16.4. The molecule has 6 nitrogen and oxygen atoms in total. The second-order valence-electron chi connectivity index (χ2n) is 5.36. The number of aromatic hydroxyl groups is 2. The van der Waals surface area contributed by atoms with Crippen molar-refractivity contribution in [3.8, 4) is 11.5 Å². The summed E-state index contributed by atoms with van der Waals surface area (Å²) in [4.78, 5) is 8.80. The van der Waals surface area contributed by atoms with Gasteiger partial charge in [-0.1, -0.05) is 37.3 Å². The Balaban J connectivity index is 1.78. The first-order valence-electron chi connectivity index (χ1n) is 7.90. The third kappa shape index (κ3) is 3.92. The van der Waals surface area contributed by atoms with Gasteiger partial charge < -0.3 is 10.2 Å². The Bertz CT molecular complexity index is 898. The van der Waals surface area contributed by atoms with E-state index in [-0.39, 0.29) is 11.5 Å². The van der Waals surface area contributed by atoms with Gasteiger partial charge in [-0.15, -0.1) is 0 Å². The number of phenols is 2. The lowest BCUT2D eigenvalue weighted by atomic mass is 10.1. The number of para-hydroxylation sites is 2. The van der Waals surface area contributed by atoms with Crippen molar-refractivity contribution in [1.82, 2.24) is 5.43 Å². The van der Waals surface area contributed by atoms with Crippen LogP contribution in [-0.2, 0) is 0 Å². The molecule has 0 amide bonds. The van der Waals surface area contributed by atoms with Crippen molar-refractivity contribution in [3.63, 3.8) is 0 Å². The summed E-state index contributed by atoms with van der Waals surface area (Å²) in [6.07, 6.45) is 4.00. The van der Waals surface area contributed by atoms with Crippen LogP contribution in [0.1, 0.15) is 24.5 Å². The second kappa shape index (κ2) is 7.44. The predicted molar refractivity (Wildman–Crippen MR) is 100 cm³/mol. The molecular weight excluding hydrogens is 316 g/mol. The lowest BCUT2D eigenvalue weighted by Gasteiger charge is -2.00. The molecule has 2 aromatic carbocycles. The Morgan fingerprint density at radius 1 is 0.960 bits per heavy atom. The third-order valence-electron chi connectivity index (χ3n) is 3.63. The molecule has 1 heterocycles. The fourth-order valence-electron chi connectivity index (χ4n) is 2.33. The van der Waals surface area contributed by atoms with E-state index in [1.165, 1.54) is 6.21 Å². The minimum Gasteiger partial charge on any atom is -0.507 e. The van der Waals surface area contributed by atoms with Gasteiger partial charge in [-0.3, -0.25) is 0 Å². The summed E-state index contributed by atoms with van der Waals surface area (Å²) in [5.74, 6) is 0.712. The van der Waals surface area contributed by atoms with Gasteiger partial charge in [-0.25, -0.2) is 15.4 Å². The first-order chi connectivity index (χ1) is 12.2. The van der Waals surface area contributed by atoms with E-state index < -0.39 is 0 Å². The Morgan fingerprint density at radius 3 is 2.24 bits per heavy atom. The molecule has 0 atom stereocenters. The molecule has 3 N–H and O–H groups in total. The molecule has 0 radical (unpaired) electrons. The molecule has 0 aromatic heterocycles. The lowest BCUT2D eigenvalue weighted by Crippen LogP contribution is -2.13. The minimum absolute atomic E-state index is 0.152. The van der Waals surface area contributed by atoms with Crippen LogP contribution in [0, 0.1) is 0 Å². The number of rotatable bonds is 4. The number of hydrogen-bond acceptors (Lipinski definition) is 6. The SMILES string of the molecule is CCC1=NC(NN=Cc2ccccc2O)=NC1=Cc1ccccc1O. The van der Waals surface area contributed by atoms with Gasteiger partial charge in [0.2, 0.25) is 5.96 Å². The number of nitrogens with one attached hydrogen (secondary N) is 1. The number of hydrazone groups is 1. The maximum atomic E-state index is 9.89. The van der Waals surface area contributed by atoms with E-state index in [0.29, 0.717) is 29.2 Å². The Labute approximate surface area is 145 Å². The van der Waals surface area contributed by atoms with Crippen LogP contribution in [0.25, 0.3) is 6.08 Å². The van der Waals surface area contributed by atoms with Gasteiger partial charge >= 0.3 is 0 Å². The number of hydrogen-bond donors (Lipinski definition) is 3. The van der Waals surface area contributed by atoms with E-state index in [4.69, 9.17) is 0 Å². The molecule has 1 aliphatic heterocycles. The predicted octanol–water partition coefficient (Wildman–Crippen LogP) is 3.28. The van der Waals surface area contributed by atoms with E-state index in [0.717, 1.165) is 5.71 Å². The van der Waals surface area contributed by atoms with Crippen molar-refractivity contribution in [3.05, 3.63) is 65.4 Å². The van der Waals surface area contributed by atoms with Crippen LogP contribution in [-0.4, -0.2) is 28.1 Å². The van der Waals surface area contributed by atoms with Crippen molar-refractivity contribution in [2.24, 2.45) is 15.1 Å². The molecule has 25 heavy (non-hydrogen) atoms. The van der Waals surface area contributed by atoms with Crippen LogP contribution in [0.5, 0.6) is 11.5 Å². The van der Waals surface area contributed by atoms with Gasteiger partial charge in [0.15, 0.2) is 0 Å². The molecule has 0 saturated carbocycles. The molecule has 6 heteroatoms. The smallest absolute Gasteiger partial charge is 0.244 e. The molecule has 0 spiro atoms. The van der Waals surface area contributed by atoms with Crippen molar-refractivity contribution in [2.75, 3.05) is 0 Å². The molecule has 0 aliphatic carbocycles. The molecule has 3 rings (SSSR count). The van der Waals surface area contributed by atoms with Crippen molar-refractivity contribution < 1.29 is 10.2 Å². The Hall–Kier alpha value is -3.41. The minimum atomic E-state index is 0.152. The molecule has 2 aromatic rings. The van der Waals surface area contributed by atoms with Crippen LogP contribution in [0.3, 0.4) is 0 Å². The largest absolute Gasteiger partial charge is 0.507 e. The number of nitrogens with zero attached hydrogens (tertiary/aromatic N) is 3. The number of phenolic OH excluding ortho intramolecular Hbond substituents is 2. The van der Waals surface area contributed by atoms with Gasteiger partial charge in [-0.05, 0) is 30.7 Å². The van der Waals surface area contributed by atoms with Crippen LogP contribution in [0.2, 0.25) is 0 Å². The molecule has 126 valence electrons. The summed E-state index contributed by atoms with van der Waals surface area (Å²) < 4.78 is 0. The highest BCUT2D eigenvalue weighted by Crippen LogP contribution is 2.22. The standard InChI is InChI=1S/C19H18N4O2/c1-2-15-16(11-13-7-3-5-9-17(13)24)22-19(21-15)23-20-12-14-8-4-6-10-18(14)25/h3-12,24-25H,2H2,1H3,(H,22,23). The van der Waals surface area contributed by atoms with Crippen LogP contribution < -0.4 is 5.43 Å². The molecule has 0 fully saturated rings. The summed E-state index contributed by atoms with van der Waals surface area (Å²) in [6, 6.07) is 14.0. The monoisotopic (exact) mass is 334 g/mol. The maximum absolute atomic E-state index is 9.89. The topological polar surface area (TPSA) is 89.6 Å². The van der Waals surface area contributed by atoms with Gasteiger partial charge in [0, 0.05) is 11.1 Å². The van der Waals surface area contributed by atoms with E-state index >= 15 is 0 Å². The van der Waals surface area contributed by atoms with Gasteiger partial charge in [0.25, 0.3) is 0 Å². The third-order valence-corrected chi connectivity index (χ3v) is 3.63. The number of benzene rings is 2.